The van der Waals surface area contributed by atoms with Gasteiger partial charge in [0.05, 0.1) is 5.56 Å². The summed E-state index contributed by atoms with van der Waals surface area (Å²) in [4.78, 5) is 34.0. The maximum absolute atomic E-state index is 12.3. The fraction of sp³-hybridized carbons (Fsp3) is 0.250. The van der Waals surface area contributed by atoms with Gasteiger partial charge in [-0.05, 0) is 53.0 Å². The first-order valence-corrected chi connectivity index (χ1v) is 7.70. The summed E-state index contributed by atoms with van der Waals surface area (Å²) in [5.74, 6) is -0.0596. The Kier molecular flexibility index (Phi) is 5.10. The molecule has 0 aliphatic carbocycles. The molecule has 2 aromatic rings. The minimum absolute atomic E-state index is 0.135. The third-order valence-corrected chi connectivity index (χ3v) is 3.66. The molecular weight excluding hydrogens is 360 g/mol. The fourth-order valence-electron chi connectivity index (χ4n) is 2.03. The van der Waals surface area contributed by atoms with Crippen molar-refractivity contribution in [1.82, 2.24) is 14.9 Å². The first-order chi connectivity index (χ1) is 10.8. The Labute approximate surface area is 143 Å². The Morgan fingerprint density at radius 3 is 2.35 bits per heavy atom. The summed E-state index contributed by atoms with van der Waals surface area (Å²) in [5.41, 5.74) is 2.28. The molecule has 7 heteroatoms. The Morgan fingerprint density at radius 2 is 1.78 bits per heavy atom. The van der Waals surface area contributed by atoms with E-state index in [1.807, 2.05) is 13.0 Å². The van der Waals surface area contributed by atoms with Crippen molar-refractivity contribution in [2.45, 2.75) is 13.8 Å². The molecule has 0 fully saturated rings. The van der Waals surface area contributed by atoms with Crippen molar-refractivity contribution in [3.8, 4) is 0 Å². The quantitative estimate of drug-likeness (QED) is 0.893. The van der Waals surface area contributed by atoms with Gasteiger partial charge in [-0.2, -0.15) is 0 Å². The van der Waals surface area contributed by atoms with Crippen LogP contribution in [0.2, 0.25) is 0 Å². The van der Waals surface area contributed by atoms with E-state index < -0.39 is 0 Å². The highest BCUT2D eigenvalue weighted by Crippen LogP contribution is 2.17. The van der Waals surface area contributed by atoms with E-state index in [0.717, 1.165) is 10.0 Å². The summed E-state index contributed by atoms with van der Waals surface area (Å²) in [5, 5.41) is 2.73. The number of hydrogen-bond donors (Lipinski definition) is 1. The van der Waals surface area contributed by atoms with E-state index in [-0.39, 0.29) is 11.8 Å². The van der Waals surface area contributed by atoms with Crippen molar-refractivity contribution in [3.63, 3.8) is 0 Å². The average Bonchev–Trinajstić information content (AvgIpc) is 2.48. The van der Waals surface area contributed by atoms with Crippen molar-refractivity contribution in [3.05, 3.63) is 51.4 Å². The number of aryl methyl sites for hydroxylation is 2. The molecule has 2 aromatic heterocycles. The molecule has 0 unspecified atom stereocenters. The van der Waals surface area contributed by atoms with Crippen LogP contribution in [0.3, 0.4) is 0 Å². The van der Waals surface area contributed by atoms with Crippen LogP contribution >= 0.6 is 15.9 Å². The maximum atomic E-state index is 12.3. The number of nitrogens with zero attached hydrogens (tertiary/aromatic N) is 3. The lowest BCUT2D eigenvalue weighted by atomic mass is 10.1. The Morgan fingerprint density at radius 1 is 1.09 bits per heavy atom. The van der Waals surface area contributed by atoms with Gasteiger partial charge in [-0.3, -0.25) is 9.59 Å². The van der Waals surface area contributed by atoms with E-state index in [1.54, 1.807) is 33.3 Å². The van der Waals surface area contributed by atoms with Crippen molar-refractivity contribution >= 4 is 33.6 Å². The molecule has 0 radical (unpaired) electrons. The van der Waals surface area contributed by atoms with Crippen LogP contribution < -0.4 is 5.32 Å². The van der Waals surface area contributed by atoms with Crippen molar-refractivity contribution in [2.75, 3.05) is 19.4 Å². The third kappa shape index (κ3) is 3.92. The fourth-order valence-corrected chi connectivity index (χ4v) is 2.47. The van der Waals surface area contributed by atoms with Gasteiger partial charge in [0.1, 0.15) is 11.5 Å². The number of halogens is 1. The number of aromatic nitrogens is 2. The Bertz CT molecular complexity index is 775. The van der Waals surface area contributed by atoms with Gasteiger partial charge < -0.3 is 10.2 Å². The highest BCUT2D eigenvalue weighted by Gasteiger charge is 2.15. The van der Waals surface area contributed by atoms with E-state index in [9.17, 15) is 9.59 Å². The molecular formula is C16H17BrN4O2. The number of amides is 2. The molecule has 23 heavy (non-hydrogen) atoms. The molecule has 0 aliphatic heterocycles. The lowest BCUT2D eigenvalue weighted by Gasteiger charge is -2.12. The first kappa shape index (κ1) is 17.1. The normalized spacial score (nSPS) is 10.3. The van der Waals surface area contributed by atoms with Crippen LogP contribution in [-0.4, -0.2) is 40.8 Å². The second kappa shape index (κ2) is 6.87. The second-order valence-electron chi connectivity index (χ2n) is 5.36. The standard InChI is InChI=1S/C16H17BrN4O2/c1-9-6-12(17)8-18-13(9)15(22)20-14-10(2)5-11(7-19-14)16(23)21(3)4/h5-8H,1-4H3,(H,19,20,22). The number of hydrogen-bond acceptors (Lipinski definition) is 4. The van der Waals surface area contributed by atoms with E-state index in [4.69, 9.17) is 0 Å². The van der Waals surface area contributed by atoms with Crippen molar-refractivity contribution < 1.29 is 9.59 Å². The minimum Gasteiger partial charge on any atom is -0.345 e. The molecule has 0 spiro atoms. The van der Waals surface area contributed by atoms with Crippen LogP contribution in [0.25, 0.3) is 0 Å². The SMILES string of the molecule is Cc1cc(C(=O)N(C)C)cnc1NC(=O)c1ncc(Br)cc1C. The number of pyridine rings is 2. The van der Waals surface area contributed by atoms with Gasteiger partial charge in [-0.1, -0.05) is 0 Å². The van der Waals surface area contributed by atoms with E-state index in [0.29, 0.717) is 22.6 Å². The van der Waals surface area contributed by atoms with Gasteiger partial charge in [-0.25, -0.2) is 9.97 Å². The highest BCUT2D eigenvalue weighted by atomic mass is 79.9. The number of rotatable bonds is 3. The highest BCUT2D eigenvalue weighted by molar-refractivity contribution is 9.10. The summed E-state index contributed by atoms with van der Waals surface area (Å²) in [6, 6.07) is 3.52. The lowest BCUT2D eigenvalue weighted by Crippen LogP contribution is -2.22. The van der Waals surface area contributed by atoms with Gasteiger partial charge >= 0.3 is 0 Å². The molecule has 0 bridgehead atoms. The molecule has 0 saturated heterocycles. The molecule has 2 rings (SSSR count). The summed E-state index contributed by atoms with van der Waals surface area (Å²) >= 11 is 3.31. The maximum Gasteiger partial charge on any atom is 0.275 e. The zero-order chi connectivity index (χ0) is 17.1. The summed E-state index contributed by atoms with van der Waals surface area (Å²) in [6.07, 6.45) is 3.02. The average molecular weight is 377 g/mol. The van der Waals surface area contributed by atoms with Crippen molar-refractivity contribution in [1.29, 1.82) is 0 Å². The van der Waals surface area contributed by atoms with Crippen LogP contribution in [0.5, 0.6) is 0 Å². The van der Waals surface area contributed by atoms with Gasteiger partial charge in [0.15, 0.2) is 0 Å². The Hall–Kier alpha value is -2.28. The number of anilines is 1. The van der Waals surface area contributed by atoms with E-state index in [2.05, 4.69) is 31.2 Å². The third-order valence-electron chi connectivity index (χ3n) is 3.22. The monoisotopic (exact) mass is 376 g/mol. The minimum atomic E-state index is -0.336. The molecule has 2 amide bonds. The van der Waals surface area contributed by atoms with Crippen LogP contribution in [0.4, 0.5) is 5.82 Å². The molecule has 0 atom stereocenters. The zero-order valence-electron chi connectivity index (χ0n) is 13.3. The summed E-state index contributed by atoms with van der Waals surface area (Å²) < 4.78 is 0.812. The number of carbonyl (C=O) groups is 2. The van der Waals surface area contributed by atoms with E-state index in [1.165, 1.54) is 11.1 Å². The van der Waals surface area contributed by atoms with Gasteiger partial charge in [0, 0.05) is 31.0 Å². The molecule has 0 saturated carbocycles. The molecule has 0 aliphatic rings. The molecule has 1 N–H and O–H groups in total. The zero-order valence-corrected chi connectivity index (χ0v) is 14.9. The van der Waals surface area contributed by atoms with Crippen LogP contribution in [0.15, 0.2) is 29.0 Å². The predicted molar refractivity (Wildman–Crippen MR) is 91.6 cm³/mol. The van der Waals surface area contributed by atoms with Crippen molar-refractivity contribution in [2.24, 2.45) is 0 Å². The topological polar surface area (TPSA) is 75.2 Å². The predicted octanol–water partition coefficient (Wildman–Crippen LogP) is 2.81. The second-order valence-corrected chi connectivity index (χ2v) is 6.28. The molecule has 0 aromatic carbocycles. The van der Waals surface area contributed by atoms with Crippen LogP contribution in [0, 0.1) is 13.8 Å². The number of nitrogens with one attached hydrogen (secondary N) is 1. The van der Waals surface area contributed by atoms with Gasteiger partial charge in [-0.15, -0.1) is 0 Å². The Balaban J connectivity index is 2.23. The molecule has 2 heterocycles. The lowest BCUT2D eigenvalue weighted by molar-refractivity contribution is 0.0827. The molecule has 120 valence electrons. The van der Waals surface area contributed by atoms with Crippen LogP contribution in [-0.2, 0) is 0 Å². The molecule has 6 nitrogen and oxygen atoms in total. The smallest absolute Gasteiger partial charge is 0.275 e. The first-order valence-electron chi connectivity index (χ1n) is 6.91. The summed E-state index contributed by atoms with van der Waals surface area (Å²) in [6.45, 7) is 3.60. The van der Waals surface area contributed by atoms with Gasteiger partial charge in [0.2, 0.25) is 0 Å². The summed E-state index contributed by atoms with van der Waals surface area (Å²) in [7, 11) is 3.35. The van der Waals surface area contributed by atoms with Gasteiger partial charge in [0.25, 0.3) is 11.8 Å². The van der Waals surface area contributed by atoms with Crippen LogP contribution in [0.1, 0.15) is 32.0 Å². The largest absolute Gasteiger partial charge is 0.345 e. The number of carbonyl (C=O) groups excluding carboxylic acids is 2. The van der Waals surface area contributed by atoms with E-state index >= 15 is 0 Å².